The summed E-state index contributed by atoms with van der Waals surface area (Å²) in [4.78, 5) is 53.6. The fraction of sp³-hybridized carbons (Fsp3) is 0.333. The summed E-state index contributed by atoms with van der Waals surface area (Å²) in [5.41, 5.74) is 2.44. The van der Waals surface area contributed by atoms with Gasteiger partial charge >= 0.3 is 6.09 Å². The number of carbonyl (C=O) groups is 3. The minimum atomic E-state index is -0.855. The Morgan fingerprint density at radius 3 is 2.51 bits per heavy atom. The van der Waals surface area contributed by atoms with Crippen molar-refractivity contribution >= 4 is 56.2 Å². The van der Waals surface area contributed by atoms with Gasteiger partial charge in [0, 0.05) is 45.1 Å². The maximum atomic E-state index is 14.1. The minimum absolute atomic E-state index is 0.0489. The maximum absolute atomic E-state index is 14.1. The number of nitrogens with one attached hydrogen (secondary N) is 3. The first kappa shape index (κ1) is 37.6. The van der Waals surface area contributed by atoms with Crippen molar-refractivity contribution < 1.29 is 23.9 Å². The summed E-state index contributed by atoms with van der Waals surface area (Å²) in [6.07, 6.45) is 9.79. The molecule has 0 saturated carbocycles. The number of benzene rings is 3. The number of fused-ring (bicyclic) bond motifs is 1. The molecule has 0 spiro atoms. The van der Waals surface area contributed by atoms with Crippen LogP contribution >= 0.6 is 27.5 Å². The first-order chi connectivity index (χ1) is 24.7. The molecule has 51 heavy (non-hydrogen) atoms. The quantitative estimate of drug-likeness (QED) is 0.0843. The summed E-state index contributed by atoms with van der Waals surface area (Å²) >= 11 is 9.58. The van der Waals surface area contributed by atoms with E-state index in [0.29, 0.717) is 65.1 Å². The van der Waals surface area contributed by atoms with Crippen molar-refractivity contribution in [1.29, 1.82) is 0 Å². The van der Waals surface area contributed by atoms with Crippen LogP contribution in [-0.4, -0.2) is 48.7 Å². The van der Waals surface area contributed by atoms with Crippen molar-refractivity contribution in [3.8, 4) is 11.4 Å². The highest BCUT2D eigenvalue weighted by molar-refractivity contribution is 9.10. The third-order valence-corrected chi connectivity index (χ3v) is 9.69. The SMILES string of the molecule is COc1cc(Br)ccc1-n1cc(C(=O)N[C@@H](CCCCNC(=O)OCc2ccccc2Cl)C(=O)NCCC2=CCCCC2)c2ccccc2c1=O. The van der Waals surface area contributed by atoms with Gasteiger partial charge in [-0.05, 0) is 81.7 Å². The van der Waals surface area contributed by atoms with Gasteiger partial charge < -0.3 is 25.4 Å². The number of methoxy groups -OCH3 is 1. The topological polar surface area (TPSA) is 128 Å². The van der Waals surface area contributed by atoms with Crippen LogP contribution in [0.4, 0.5) is 4.79 Å². The van der Waals surface area contributed by atoms with Crippen LogP contribution in [0.1, 0.15) is 67.3 Å². The lowest BCUT2D eigenvalue weighted by molar-refractivity contribution is -0.123. The van der Waals surface area contributed by atoms with E-state index in [9.17, 15) is 19.2 Å². The number of ether oxygens (including phenoxy) is 2. The summed E-state index contributed by atoms with van der Waals surface area (Å²) in [5, 5.41) is 10.0. The van der Waals surface area contributed by atoms with Gasteiger partial charge in [0.15, 0.2) is 0 Å². The standard InChI is InChI=1S/C39H42BrClN4O6/c1-50-35-23-28(40)18-19-34(35)45-24-31(29-14-6-7-15-30(29)38(45)48)36(46)44-33(37(47)42-22-20-26-11-3-2-4-12-26)17-9-10-21-43-39(49)51-25-27-13-5-8-16-32(27)41/h5-8,11,13-16,18-19,23-24,33H,2-4,9-10,12,17,20-22,25H2,1H3,(H,42,47)(H,43,49)(H,44,46)/t33-/m0/s1. The second-order valence-corrected chi connectivity index (χ2v) is 13.7. The van der Waals surface area contributed by atoms with Crippen molar-refractivity contribution in [1.82, 2.24) is 20.5 Å². The molecule has 0 radical (unpaired) electrons. The molecule has 10 nitrogen and oxygen atoms in total. The van der Waals surface area contributed by atoms with Gasteiger partial charge in [0.05, 0.1) is 18.4 Å². The zero-order chi connectivity index (χ0) is 36.2. The molecular formula is C39H42BrClN4O6. The summed E-state index contributed by atoms with van der Waals surface area (Å²) in [5.74, 6) is -0.341. The highest BCUT2D eigenvalue weighted by Gasteiger charge is 2.24. The average Bonchev–Trinajstić information content (AvgIpc) is 3.14. The number of hydrogen-bond acceptors (Lipinski definition) is 6. The highest BCUT2D eigenvalue weighted by atomic mass is 79.9. The van der Waals surface area contributed by atoms with Crippen LogP contribution in [0.15, 0.2) is 93.8 Å². The fourth-order valence-electron chi connectivity index (χ4n) is 6.08. The zero-order valence-electron chi connectivity index (χ0n) is 28.5. The Labute approximate surface area is 310 Å². The number of pyridine rings is 1. The molecule has 0 bridgehead atoms. The van der Waals surface area contributed by atoms with Crippen molar-refractivity contribution in [2.75, 3.05) is 20.2 Å². The molecular weight excluding hydrogens is 736 g/mol. The lowest BCUT2D eigenvalue weighted by atomic mass is 9.97. The molecule has 0 saturated heterocycles. The Morgan fingerprint density at radius 1 is 0.961 bits per heavy atom. The molecule has 0 fully saturated rings. The Balaban J connectivity index is 1.29. The molecule has 3 N–H and O–H groups in total. The fourth-order valence-corrected chi connectivity index (χ4v) is 6.61. The van der Waals surface area contributed by atoms with E-state index in [0.717, 1.165) is 30.2 Å². The number of alkyl carbamates (subject to hydrolysis) is 1. The largest absolute Gasteiger partial charge is 0.495 e. The van der Waals surface area contributed by atoms with Gasteiger partial charge in [-0.3, -0.25) is 19.0 Å². The number of aromatic nitrogens is 1. The van der Waals surface area contributed by atoms with Gasteiger partial charge in [0.1, 0.15) is 18.4 Å². The van der Waals surface area contributed by atoms with Gasteiger partial charge in [0.25, 0.3) is 11.5 Å². The van der Waals surface area contributed by atoms with Crippen LogP contribution < -0.4 is 26.2 Å². The lowest BCUT2D eigenvalue weighted by Gasteiger charge is -2.21. The molecule has 5 rings (SSSR count). The second kappa shape index (κ2) is 18.6. The molecule has 3 aromatic carbocycles. The van der Waals surface area contributed by atoms with Gasteiger partial charge in [-0.15, -0.1) is 0 Å². The van der Waals surface area contributed by atoms with Crippen LogP contribution in [0.3, 0.4) is 0 Å². The Kier molecular flexibility index (Phi) is 13.7. The number of amides is 3. The van der Waals surface area contributed by atoms with Crippen molar-refractivity contribution in [3.63, 3.8) is 0 Å². The van der Waals surface area contributed by atoms with E-state index < -0.39 is 18.0 Å². The molecule has 0 unspecified atom stereocenters. The Bertz CT molecular complexity index is 1960. The third-order valence-electron chi connectivity index (χ3n) is 8.83. The van der Waals surface area contributed by atoms with Crippen molar-refractivity contribution in [2.45, 2.75) is 64.0 Å². The highest BCUT2D eigenvalue weighted by Crippen LogP contribution is 2.28. The average molecular weight is 778 g/mol. The van der Waals surface area contributed by atoms with E-state index in [1.54, 1.807) is 60.7 Å². The smallest absolute Gasteiger partial charge is 0.407 e. The summed E-state index contributed by atoms with van der Waals surface area (Å²) in [6.45, 7) is 0.836. The molecule has 1 heterocycles. The van der Waals surface area contributed by atoms with Crippen molar-refractivity contribution in [3.05, 3.63) is 116 Å². The van der Waals surface area contributed by atoms with E-state index in [1.165, 1.54) is 29.9 Å². The molecule has 1 atom stereocenters. The van der Waals surface area contributed by atoms with Crippen LogP contribution in [0.2, 0.25) is 5.02 Å². The summed E-state index contributed by atoms with van der Waals surface area (Å²) < 4.78 is 13.0. The van der Waals surface area contributed by atoms with Gasteiger partial charge in [-0.1, -0.05) is 75.6 Å². The van der Waals surface area contributed by atoms with E-state index in [1.807, 2.05) is 6.07 Å². The van der Waals surface area contributed by atoms with Gasteiger partial charge in [-0.25, -0.2) is 4.79 Å². The Morgan fingerprint density at radius 2 is 1.75 bits per heavy atom. The molecule has 4 aromatic rings. The maximum Gasteiger partial charge on any atom is 0.407 e. The second-order valence-electron chi connectivity index (χ2n) is 12.3. The van der Waals surface area contributed by atoms with Crippen molar-refractivity contribution in [2.24, 2.45) is 0 Å². The monoisotopic (exact) mass is 776 g/mol. The number of hydrogen-bond donors (Lipinski definition) is 3. The predicted molar refractivity (Wildman–Crippen MR) is 203 cm³/mol. The van der Waals surface area contributed by atoms with E-state index >= 15 is 0 Å². The van der Waals surface area contributed by atoms with Crippen LogP contribution in [-0.2, 0) is 16.1 Å². The summed E-state index contributed by atoms with van der Waals surface area (Å²) in [6, 6.07) is 18.5. The van der Waals surface area contributed by atoms with Gasteiger partial charge in [0.2, 0.25) is 5.91 Å². The molecule has 0 aliphatic heterocycles. The summed E-state index contributed by atoms with van der Waals surface area (Å²) in [7, 11) is 1.51. The zero-order valence-corrected chi connectivity index (χ0v) is 30.9. The molecule has 1 aliphatic carbocycles. The lowest BCUT2D eigenvalue weighted by Crippen LogP contribution is -2.47. The van der Waals surface area contributed by atoms with E-state index in [2.05, 4.69) is 38.0 Å². The normalized spacial score (nSPS) is 13.2. The predicted octanol–water partition coefficient (Wildman–Crippen LogP) is 7.62. The molecule has 1 aromatic heterocycles. The number of halogens is 2. The number of unbranched alkanes of at least 4 members (excludes halogenated alkanes) is 1. The first-order valence-electron chi connectivity index (χ1n) is 17.1. The third kappa shape index (κ3) is 10.2. The van der Waals surface area contributed by atoms with E-state index in [4.69, 9.17) is 21.1 Å². The molecule has 3 amide bonds. The molecule has 12 heteroatoms. The first-order valence-corrected chi connectivity index (χ1v) is 18.3. The number of allylic oxidation sites excluding steroid dienone is 1. The van der Waals surface area contributed by atoms with Crippen LogP contribution in [0, 0.1) is 0 Å². The van der Waals surface area contributed by atoms with Gasteiger partial charge in [-0.2, -0.15) is 0 Å². The molecule has 268 valence electrons. The van der Waals surface area contributed by atoms with Crippen LogP contribution in [0.5, 0.6) is 5.75 Å². The number of carbonyl (C=O) groups excluding carboxylic acids is 3. The number of rotatable bonds is 15. The van der Waals surface area contributed by atoms with E-state index in [-0.39, 0.29) is 23.6 Å². The van der Waals surface area contributed by atoms with Crippen LogP contribution in [0.25, 0.3) is 16.5 Å². The number of nitrogens with zero attached hydrogens (tertiary/aromatic N) is 1. The minimum Gasteiger partial charge on any atom is -0.495 e. The molecule has 1 aliphatic rings. The Hall–Kier alpha value is -4.61.